The first kappa shape index (κ1) is 32.6. The van der Waals surface area contributed by atoms with Crippen LogP contribution in [-0.4, -0.2) is 92.3 Å². The second-order valence-corrected chi connectivity index (χ2v) is 10.9. The fraction of sp³-hybridized carbons (Fsp3) is 0.548. The quantitative estimate of drug-likeness (QED) is 0.406. The topological polar surface area (TPSA) is 74.3 Å². The van der Waals surface area contributed by atoms with Gasteiger partial charge in [-0.15, -0.1) is 12.4 Å². The molecular formula is C31H44ClFN4O4. The normalized spacial score (nSPS) is 16.7. The summed E-state index contributed by atoms with van der Waals surface area (Å²) < 4.78 is 24.2. The van der Waals surface area contributed by atoms with Crippen LogP contribution in [0, 0.1) is 11.7 Å². The van der Waals surface area contributed by atoms with Gasteiger partial charge in [-0.3, -0.25) is 4.79 Å². The van der Waals surface area contributed by atoms with Gasteiger partial charge in [0.05, 0.1) is 26.0 Å². The largest absolute Gasteiger partial charge is 0.495 e. The van der Waals surface area contributed by atoms with Crippen LogP contribution in [-0.2, 0) is 11.2 Å². The average Bonchev–Trinajstić information content (AvgIpc) is 2.98. The van der Waals surface area contributed by atoms with Gasteiger partial charge >= 0.3 is 6.03 Å². The molecular weight excluding hydrogens is 547 g/mol. The van der Waals surface area contributed by atoms with E-state index in [-0.39, 0.29) is 30.2 Å². The minimum atomic E-state index is -0.381. The van der Waals surface area contributed by atoms with Gasteiger partial charge in [-0.1, -0.05) is 13.0 Å². The molecule has 0 aromatic heterocycles. The Morgan fingerprint density at radius 2 is 1.73 bits per heavy atom. The molecule has 0 spiro atoms. The van der Waals surface area contributed by atoms with E-state index in [0.717, 1.165) is 57.4 Å². The number of carbonyl (C=O) groups excluding carboxylic acids is 2. The summed E-state index contributed by atoms with van der Waals surface area (Å²) in [6.45, 7) is 10.7. The number of piperidine rings is 1. The van der Waals surface area contributed by atoms with Crippen LogP contribution in [0.25, 0.3) is 0 Å². The van der Waals surface area contributed by atoms with Gasteiger partial charge in [0.15, 0.2) is 0 Å². The summed E-state index contributed by atoms with van der Waals surface area (Å²) in [4.78, 5) is 32.1. The maximum atomic E-state index is 13.3. The van der Waals surface area contributed by atoms with Crippen LogP contribution in [0.5, 0.6) is 5.75 Å². The van der Waals surface area contributed by atoms with Gasteiger partial charge in [0, 0.05) is 44.3 Å². The van der Waals surface area contributed by atoms with Crippen molar-refractivity contribution in [1.29, 1.82) is 0 Å². The van der Waals surface area contributed by atoms with Crippen molar-refractivity contribution in [2.45, 2.75) is 45.6 Å². The smallest absolute Gasteiger partial charge is 0.320 e. The first-order valence-corrected chi connectivity index (χ1v) is 14.5. The minimum Gasteiger partial charge on any atom is -0.495 e. The number of rotatable bonds is 10. The number of carbonyl (C=O) groups is 2. The number of halogens is 2. The molecule has 2 heterocycles. The minimum absolute atomic E-state index is 0. The summed E-state index contributed by atoms with van der Waals surface area (Å²) in [6.07, 6.45) is 3.94. The molecule has 0 radical (unpaired) electrons. The predicted molar refractivity (Wildman–Crippen MR) is 162 cm³/mol. The van der Waals surface area contributed by atoms with Crippen molar-refractivity contribution in [2.24, 2.45) is 5.92 Å². The number of ether oxygens (including phenoxy) is 2. The second-order valence-electron chi connectivity index (χ2n) is 10.9. The Kier molecular flexibility index (Phi) is 12.7. The zero-order valence-corrected chi connectivity index (χ0v) is 25.3. The highest BCUT2D eigenvalue weighted by atomic mass is 35.5. The molecule has 226 valence electrons. The predicted octanol–water partition coefficient (Wildman–Crippen LogP) is 5.32. The zero-order chi connectivity index (χ0) is 28.5. The molecule has 0 bridgehead atoms. The SMILES string of the molecule is CCCN(CC1CCN(C(=O)N2CCOCC2)CC1)[C@H](C)Cc1ccc(OC)c(NC(=O)c2ccc(F)cc2)c1.Cl. The van der Waals surface area contributed by atoms with E-state index < -0.39 is 0 Å². The second kappa shape index (κ2) is 15.9. The number of benzene rings is 2. The summed E-state index contributed by atoms with van der Waals surface area (Å²) in [5, 5.41) is 2.93. The molecule has 8 nitrogen and oxygen atoms in total. The molecule has 10 heteroatoms. The number of amides is 3. The monoisotopic (exact) mass is 590 g/mol. The van der Waals surface area contributed by atoms with E-state index in [4.69, 9.17) is 9.47 Å². The summed E-state index contributed by atoms with van der Waals surface area (Å²) in [5.74, 6) is 0.447. The molecule has 1 N–H and O–H groups in total. The Morgan fingerprint density at radius 3 is 2.37 bits per heavy atom. The van der Waals surface area contributed by atoms with Gasteiger partial charge in [-0.05, 0) is 87.0 Å². The van der Waals surface area contributed by atoms with E-state index >= 15 is 0 Å². The highest BCUT2D eigenvalue weighted by molar-refractivity contribution is 6.05. The van der Waals surface area contributed by atoms with Crippen LogP contribution in [0.2, 0.25) is 0 Å². The molecule has 2 aliphatic heterocycles. The molecule has 4 rings (SSSR count). The average molecular weight is 591 g/mol. The lowest BCUT2D eigenvalue weighted by Gasteiger charge is -2.39. The van der Waals surface area contributed by atoms with E-state index in [1.807, 2.05) is 28.0 Å². The standard InChI is InChI=1S/C31H43FN4O4.ClH/c1-4-13-36(22-24-11-14-34(15-12-24)31(38)35-16-18-40-19-17-35)23(2)20-25-5-10-29(39-3)28(21-25)33-30(37)26-6-8-27(32)9-7-26;/h5-10,21,23-24H,4,11-20,22H2,1-3H3,(H,33,37);1H/t23-;/m1./s1. The molecule has 1 atom stereocenters. The number of nitrogens with zero attached hydrogens (tertiary/aromatic N) is 3. The highest BCUT2D eigenvalue weighted by Gasteiger charge is 2.29. The third-order valence-electron chi connectivity index (χ3n) is 7.94. The zero-order valence-electron chi connectivity index (χ0n) is 24.4. The van der Waals surface area contributed by atoms with Crippen LogP contribution in [0.4, 0.5) is 14.9 Å². The van der Waals surface area contributed by atoms with Crippen molar-refractivity contribution in [3.63, 3.8) is 0 Å². The first-order valence-electron chi connectivity index (χ1n) is 14.5. The maximum Gasteiger partial charge on any atom is 0.320 e. The van der Waals surface area contributed by atoms with Crippen LogP contribution >= 0.6 is 12.4 Å². The van der Waals surface area contributed by atoms with Crippen LogP contribution < -0.4 is 10.1 Å². The van der Waals surface area contributed by atoms with E-state index in [0.29, 0.717) is 55.3 Å². The lowest BCUT2D eigenvalue weighted by atomic mass is 9.95. The summed E-state index contributed by atoms with van der Waals surface area (Å²) in [6, 6.07) is 11.8. The van der Waals surface area contributed by atoms with Crippen LogP contribution in [0.1, 0.15) is 49.0 Å². The first-order chi connectivity index (χ1) is 19.4. The molecule has 2 aromatic carbocycles. The van der Waals surface area contributed by atoms with E-state index in [2.05, 4.69) is 24.1 Å². The summed E-state index contributed by atoms with van der Waals surface area (Å²) in [5.41, 5.74) is 2.09. The number of urea groups is 1. The Labute approximate surface area is 249 Å². The molecule has 2 aromatic rings. The third-order valence-corrected chi connectivity index (χ3v) is 7.94. The van der Waals surface area contributed by atoms with E-state index in [1.54, 1.807) is 7.11 Å². The number of methoxy groups -OCH3 is 1. The van der Waals surface area contributed by atoms with Crippen molar-refractivity contribution in [1.82, 2.24) is 14.7 Å². The van der Waals surface area contributed by atoms with Crippen molar-refractivity contribution < 1.29 is 23.5 Å². The Hall–Kier alpha value is -2.88. The fourth-order valence-electron chi connectivity index (χ4n) is 5.62. The molecule has 2 fully saturated rings. The lowest BCUT2D eigenvalue weighted by molar-refractivity contribution is 0.0386. The number of anilines is 1. The van der Waals surface area contributed by atoms with Gasteiger partial charge in [-0.2, -0.15) is 0 Å². The van der Waals surface area contributed by atoms with Gasteiger partial charge < -0.3 is 29.5 Å². The van der Waals surface area contributed by atoms with Crippen molar-refractivity contribution in [3.05, 3.63) is 59.4 Å². The Balaban J connectivity index is 0.00000462. The highest BCUT2D eigenvalue weighted by Crippen LogP contribution is 2.28. The number of morpholine rings is 1. The molecule has 0 unspecified atom stereocenters. The summed E-state index contributed by atoms with van der Waals surface area (Å²) in [7, 11) is 1.58. The lowest BCUT2D eigenvalue weighted by Crippen LogP contribution is -2.51. The third kappa shape index (κ3) is 9.05. The Bertz CT molecular complexity index is 1120. The Morgan fingerprint density at radius 1 is 1.07 bits per heavy atom. The van der Waals surface area contributed by atoms with E-state index in [1.165, 1.54) is 24.3 Å². The van der Waals surface area contributed by atoms with Gasteiger partial charge in [0.2, 0.25) is 0 Å². The molecule has 0 aliphatic carbocycles. The van der Waals surface area contributed by atoms with Crippen LogP contribution in [0.15, 0.2) is 42.5 Å². The number of hydrogen-bond donors (Lipinski definition) is 1. The fourth-order valence-corrected chi connectivity index (χ4v) is 5.62. The van der Waals surface area contributed by atoms with Gasteiger partial charge in [-0.25, -0.2) is 9.18 Å². The van der Waals surface area contributed by atoms with Crippen molar-refractivity contribution >= 4 is 30.0 Å². The number of nitrogens with one attached hydrogen (secondary N) is 1. The van der Waals surface area contributed by atoms with Crippen molar-refractivity contribution in [2.75, 3.05) is 64.9 Å². The van der Waals surface area contributed by atoms with Crippen LogP contribution in [0.3, 0.4) is 0 Å². The van der Waals surface area contributed by atoms with Gasteiger partial charge in [0.1, 0.15) is 11.6 Å². The maximum absolute atomic E-state index is 13.3. The number of hydrogen-bond acceptors (Lipinski definition) is 5. The van der Waals surface area contributed by atoms with Crippen molar-refractivity contribution in [3.8, 4) is 5.75 Å². The van der Waals surface area contributed by atoms with Gasteiger partial charge in [0.25, 0.3) is 5.91 Å². The molecule has 0 saturated carbocycles. The number of likely N-dealkylation sites (tertiary alicyclic amines) is 1. The molecule has 2 aliphatic rings. The summed E-state index contributed by atoms with van der Waals surface area (Å²) >= 11 is 0. The molecule has 41 heavy (non-hydrogen) atoms. The molecule has 3 amide bonds. The van der Waals surface area contributed by atoms with E-state index in [9.17, 15) is 14.0 Å². The molecule has 2 saturated heterocycles.